The molecule has 2 fully saturated rings. The van der Waals surface area contributed by atoms with Crippen molar-refractivity contribution in [3.8, 4) is 0 Å². The first kappa shape index (κ1) is 24.0. The molecule has 2 aliphatic heterocycles. The molecule has 0 unspecified atom stereocenters. The predicted molar refractivity (Wildman–Crippen MR) is 117 cm³/mol. The fourth-order valence-corrected chi connectivity index (χ4v) is 4.64. The van der Waals surface area contributed by atoms with E-state index in [0.717, 1.165) is 39.0 Å². The minimum atomic E-state index is -0.732. The molecule has 0 aromatic carbocycles. The number of aromatic nitrogens is 3. The van der Waals surface area contributed by atoms with Crippen LogP contribution in [0.3, 0.4) is 0 Å². The molecule has 2 atom stereocenters. The molecule has 32 heavy (non-hydrogen) atoms. The summed E-state index contributed by atoms with van der Waals surface area (Å²) in [6, 6.07) is 3.53. The van der Waals surface area contributed by atoms with Gasteiger partial charge in [-0.25, -0.2) is 4.98 Å². The smallest absolute Gasteiger partial charge is 0.290 e. The molecule has 0 aliphatic carbocycles. The Kier molecular flexibility index (Phi) is 7.70. The van der Waals surface area contributed by atoms with Crippen LogP contribution in [0.25, 0.3) is 0 Å². The Balaban J connectivity index is 0.000000913. The quantitative estimate of drug-likeness (QED) is 0.507. The molecule has 2 aromatic rings. The second-order valence-electron chi connectivity index (χ2n) is 8.69. The maximum Gasteiger partial charge on any atom is 0.290 e. The van der Waals surface area contributed by atoms with Crippen molar-refractivity contribution >= 4 is 12.4 Å². The monoisotopic (exact) mass is 447 g/mol. The summed E-state index contributed by atoms with van der Waals surface area (Å²) >= 11 is 0. The Morgan fingerprint density at radius 1 is 1.44 bits per heavy atom. The number of ether oxygens (including phenoxy) is 1. The van der Waals surface area contributed by atoms with E-state index in [9.17, 15) is 9.90 Å². The normalized spacial score (nSPS) is 25.0. The Hall–Kier alpha value is -2.69. The number of aromatic amines is 1. The van der Waals surface area contributed by atoms with Crippen molar-refractivity contribution in [2.75, 3.05) is 19.7 Å². The average Bonchev–Trinajstić information content (AvgIpc) is 3.45. The van der Waals surface area contributed by atoms with Crippen molar-refractivity contribution < 1.29 is 24.5 Å². The number of carboxylic acid groups (broad SMARTS) is 1. The first-order valence-corrected chi connectivity index (χ1v) is 10.9. The number of hydrogen-bond donors (Lipinski definition) is 4. The summed E-state index contributed by atoms with van der Waals surface area (Å²) in [4.78, 5) is 30.6. The lowest BCUT2D eigenvalue weighted by Gasteiger charge is -2.52. The summed E-state index contributed by atoms with van der Waals surface area (Å²) in [7, 11) is 0. The first-order valence-electron chi connectivity index (χ1n) is 10.9. The molecular weight excluding hydrogens is 414 g/mol. The number of carbonyl (C=O) groups is 2. The number of aliphatic hydroxyl groups excluding tert-OH is 1. The largest absolute Gasteiger partial charge is 0.483 e. The van der Waals surface area contributed by atoms with E-state index in [2.05, 4.69) is 31.7 Å². The van der Waals surface area contributed by atoms with Crippen LogP contribution >= 0.6 is 0 Å². The van der Waals surface area contributed by atoms with Crippen LogP contribution in [0, 0.1) is 0 Å². The molecule has 2 saturated heterocycles. The van der Waals surface area contributed by atoms with Gasteiger partial charge in [0, 0.05) is 45.0 Å². The van der Waals surface area contributed by atoms with Crippen LogP contribution in [0.15, 0.2) is 30.9 Å². The van der Waals surface area contributed by atoms with Gasteiger partial charge in [-0.1, -0.05) is 0 Å². The lowest BCUT2D eigenvalue weighted by atomic mass is 9.74. The SMILES string of the molecule is CCn1cncc1CN1CCC2(CC1)C[C@@](C)(NC(=O)c1ccc[nH]1)[C@H](O)CO2.O=CO. The molecule has 4 heterocycles. The van der Waals surface area contributed by atoms with Gasteiger partial charge in [-0.2, -0.15) is 0 Å². The number of carbonyl (C=O) groups excluding carboxylic acids is 1. The number of H-pyrrole nitrogens is 1. The third kappa shape index (κ3) is 5.37. The minimum Gasteiger partial charge on any atom is -0.483 e. The molecule has 0 radical (unpaired) electrons. The number of likely N-dealkylation sites (tertiary alicyclic amines) is 1. The van der Waals surface area contributed by atoms with E-state index < -0.39 is 11.6 Å². The highest BCUT2D eigenvalue weighted by Crippen LogP contribution is 2.40. The van der Waals surface area contributed by atoms with Gasteiger partial charge >= 0.3 is 0 Å². The van der Waals surface area contributed by atoms with Gasteiger partial charge in [-0.3, -0.25) is 14.5 Å². The van der Waals surface area contributed by atoms with E-state index in [-0.39, 0.29) is 24.6 Å². The van der Waals surface area contributed by atoms with Gasteiger partial charge in [0.25, 0.3) is 12.4 Å². The zero-order valence-corrected chi connectivity index (χ0v) is 18.7. The number of aliphatic hydroxyl groups is 1. The Morgan fingerprint density at radius 2 is 2.16 bits per heavy atom. The third-order valence-corrected chi connectivity index (χ3v) is 6.51. The van der Waals surface area contributed by atoms with Crippen molar-refractivity contribution in [1.82, 2.24) is 24.8 Å². The molecule has 1 amide bonds. The highest BCUT2D eigenvalue weighted by atomic mass is 16.5. The number of aryl methyl sites for hydroxylation is 1. The maximum absolute atomic E-state index is 12.6. The van der Waals surface area contributed by atoms with E-state index >= 15 is 0 Å². The summed E-state index contributed by atoms with van der Waals surface area (Å²) in [6.45, 7) is 7.69. The number of hydrogen-bond acceptors (Lipinski definition) is 6. The van der Waals surface area contributed by atoms with E-state index in [1.165, 1.54) is 5.69 Å². The number of nitrogens with one attached hydrogen (secondary N) is 2. The van der Waals surface area contributed by atoms with Crippen LogP contribution in [0.1, 0.15) is 49.3 Å². The van der Waals surface area contributed by atoms with Crippen LogP contribution in [-0.2, 0) is 22.6 Å². The summed E-state index contributed by atoms with van der Waals surface area (Å²) in [5, 5.41) is 20.5. The van der Waals surface area contributed by atoms with Crippen LogP contribution < -0.4 is 5.32 Å². The van der Waals surface area contributed by atoms with Crippen LogP contribution in [0.4, 0.5) is 0 Å². The molecule has 0 bridgehead atoms. The van der Waals surface area contributed by atoms with Gasteiger partial charge in [0.05, 0.1) is 29.8 Å². The van der Waals surface area contributed by atoms with E-state index in [1.54, 1.807) is 18.3 Å². The number of amides is 1. The fourth-order valence-electron chi connectivity index (χ4n) is 4.64. The van der Waals surface area contributed by atoms with Gasteiger partial charge in [0.15, 0.2) is 0 Å². The lowest BCUT2D eigenvalue weighted by molar-refractivity contribution is -0.177. The van der Waals surface area contributed by atoms with E-state index in [4.69, 9.17) is 14.6 Å². The standard InChI is InChI=1S/C21H31N5O3.CH2O2/c1-3-26-15-22-11-16(26)12-25-9-6-21(7-10-25)14-20(2,18(27)13-29-21)24-19(28)17-5-4-8-23-17;2-1-3/h4-5,8,11,15,18,23,27H,3,6-7,9-10,12-14H2,1-2H3,(H,24,28);1H,(H,2,3)/t18-,20-;/m1./s1. The molecule has 10 nitrogen and oxygen atoms in total. The molecule has 4 rings (SSSR count). The molecule has 176 valence electrons. The van der Waals surface area contributed by atoms with Crippen LogP contribution in [0.5, 0.6) is 0 Å². The molecule has 2 aromatic heterocycles. The maximum atomic E-state index is 12.6. The van der Waals surface area contributed by atoms with Crippen molar-refractivity contribution in [2.24, 2.45) is 0 Å². The second-order valence-corrected chi connectivity index (χ2v) is 8.69. The number of piperidine rings is 1. The summed E-state index contributed by atoms with van der Waals surface area (Å²) < 4.78 is 8.33. The van der Waals surface area contributed by atoms with Crippen LogP contribution in [-0.4, -0.2) is 79.0 Å². The average molecular weight is 448 g/mol. The lowest BCUT2D eigenvalue weighted by Crippen LogP contribution is -2.65. The zero-order chi connectivity index (χ0) is 23.2. The van der Waals surface area contributed by atoms with Crippen molar-refractivity contribution in [3.05, 3.63) is 42.2 Å². The fraction of sp³-hybridized carbons (Fsp3) is 0.591. The van der Waals surface area contributed by atoms with Crippen molar-refractivity contribution in [1.29, 1.82) is 0 Å². The number of imidazole rings is 1. The predicted octanol–water partition coefficient (Wildman–Crippen LogP) is 1.24. The molecular formula is C22H33N5O5. The summed E-state index contributed by atoms with van der Waals surface area (Å²) in [6.07, 6.45) is 7.18. The van der Waals surface area contributed by atoms with Gasteiger partial charge in [-0.05, 0) is 38.8 Å². The Morgan fingerprint density at radius 3 is 2.78 bits per heavy atom. The number of nitrogens with zero attached hydrogens (tertiary/aromatic N) is 3. The van der Waals surface area contributed by atoms with E-state index in [1.807, 2.05) is 19.4 Å². The van der Waals surface area contributed by atoms with E-state index in [0.29, 0.717) is 12.1 Å². The van der Waals surface area contributed by atoms with Gasteiger partial charge in [-0.15, -0.1) is 0 Å². The highest BCUT2D eigenvalue weighted by Gasteiger charge is 2.50. The van der Waals surface area contributed by atoms with Crippen molar-refractivity contribution in [2.45, 2.75) is 63.4 Å². The Bertz CT molecular complexity index is 875. The number of rotatable bonds is 5. The molecule has 4 N–H and O–H groups in total. The van der Waals surface area contributed by atoms with Gasteiger partial charge in [0.1, 0.15) is 11.8 Å². The van der Waals surface area contributed by atoms with Gasteiger partial charge in [0.2, 0.25) is 0 Å². The zero-order valence-electron chi connectivity index (χ0n) is 18.7. The first-order chi connectivity index (χ1) is 15.3. The highest BCUT2D eigenvalue weighted by molar-refractivity contribution is 5.92. The Labute approximate surface area is 187 Å². The summed E-state index contributed by atoms with van der Waals surface area (Å²) in [5.74, 6) is -0.195. The second kappa shape index (κ2) is 10.3. The molecule has 10 heteroatoms. The van der Waals surface area contributed by atoms with Gasteiger partial charge < -0.3 is 29.8 Å². The molecule has 0 saturated carbocycles. The molecule has 2 aliphatic rings. The minimum absolute atomic E-state index is 0.195. The van der Waals surface area contributed by atoms with Crippen LogP contribution in [0.2, 0.25) is 0 Å². The molecule has 1 spiro atoms. The van der Waals surface area contributed by atoms with Crippen molar-refractivity contribution in [3.63, 3.8) is 0 Å². The summed E-state index contributed by atoms with van der Waals surface area (Å²) in [5.41, 5.74) is 0.704. The third-order valence-electron chi connectivity index (χ3n) is 6.51. The topological polar surface area (TPSA) is 133 Å².